The molecule has 0 radical (unpaired) electrons. The first-order valence-electron chi connectivity index (χ1n) is 14.7. The molecule has 0 aliphatic rings. The summed E-state index contributed by atoms with van der Waals surface area (Å²) in [7, 11) is 1.60. The van der Waals surface area contributed by atoms with E-state index in [1.165, 1.54) is 12.1 Å². The van der Waals surface area contributed by atoms with Crippen LogP contribution in [-0.4, -0.2) is 50.1 Å². The number of imidazole rings is 1. The summed E-state index contributed by atoms with van der Waals surface area (Å²) in [5.41, 5.74) is 3.10. The molecule has 13 heteroatoms. The van der Waals surface area contributed by atoms with Crippen LogP contribution < -0.4 is 15.4 Å². The molecule has 3 aromatic carbocycles. The SMILES string of the molecule is CC[C@H](C)[C@@H](CN(Cc1cccc(Cl)c1Cl)C(=S)Nc1ccccc1OC)NC(=O)Cc1cncn1Cc1ccc([N+](=O)[O-])cc1. The topological polar surface area (TPSA) is 115 Å². The number of non-ortho nitro benzene ring substituents is 1. The van der Waals surface area contributed by atoms with Crippen LogP contribution in [0.4, 0.5) is 11.4 Å². The first kappa shape index (κ1) is 34.7. The fourth-order valence-electron chi connectivity index (χ4n) is 4.91. The van der Waals surface area contributed by atoms with E-state index in [1.807, 2.05) is 45.9 Å². The van der Waals surface area contributed by atoms with Crippen LogP contribution in [-0.2, 0) is 24.3 Å². The minimum Gasteiger partial charge on any atom is -0.495 e. The lowest BCUT2D eigenvalue weighted by atomic mass is 9.98. The molecule has 0 spiro atoms. The van der Waals surface area contributed by atoms with Gasteiger partial charge in [-0.2, -0.15) is 0 Å². The van der Waals surface area contributed by atoms with Gasteiger partial charge in [-0.15, -0.1) is 0 Å². The van der Waals surface area contributed by atoms with Crippen molar-refractivity contribution in [1.29, 1.82) is 0 Å². The third-order valence-electron chi connectivity index (χ3n) is 7.76. The number of nitrogens with one attached hydrogen (secondary N) is 2. The highest BCUT2D eigenvalue weighted by Crippen LogP contribution is 2.28. The molecule has 10 nitrogen and oxygen atoms in total. The molecule has 2 atom stereocenters. The predicted molar refractivity (Wildman–Crippen MR) is 186 cm³/mol. The molecule has 4 rings (SSSR count). The summed E-state index contributed by atoms with van der Waals surface area (Å²) in [5.74, 6) is 0.586. The number of hydrogen-bond acceptors (Lipinski definition) is 6. The average Bonchev–Trinajstić information content (AvgIpc) is 3.48. The van der Waals surface area contributed by atoms with Crippen LogP contribution >= 0.6 is 35.4 Å². The second-order valence-corrected chi connectivity index (χ2v) is 12.1. The summed E-state index contributed by atoms with van der Waals surface area (Å²) in [6, 6.07) is 19.0. The maximum atomic E-state index is 13.5. The molecule has 0 unspecified atom stereocenters. The summed E-state index contributed by atoms with van der Waals surface area (Å²) in [6.45, 7) is 5.34. The summed E-state index contributed by atoms with van der Waals surface area (Å²) in [4.78, 5) is 30.3. The van der Waals surface area contributed by atoms with E-state index in [2.05, 4.69) is 29.5 Å². The number of rotatable bonds is 14. The average molecular weight is 684 g/mol. The van der Waals surface area contributed by atoms with Crippen LogP contribution in [0, 0.1) is 16.0 Å². The molecule has 0 bridgehead atoms. The Kier molecular flexibility index (Phi) is 12.4. The van der Waals surface area contributed by atoms with Crippen molar-refractivity contribution in [2.45, 2.75) is 45.8 Å². The van der Waals surface area contributed by atoms with Gasteiger partial charge in [-0.05, 0) is 47.5 Å². The van der Waals surface area contributed by atoms with E-state index in [1.54, 1.807) is 37.8 Å². The third-order valence-corrected chi connectivity index (χ3v) is 8.98. The summed E-state index contributed by atoms with van der Waals surface area (Å²) >= 11 is 18.8. The van der Waals surface area contributed by atoms with Crippen molar-refractivity contribution < 1.29 is 14.5 Å². The maximum absolute atomic E-state index is 13.5. The number of nitro groups is 1. The first-order valence-corrected chi connectivity index (χ1v) is 15.9. The van der Waals surface area contributed by atoms with Crippen LogP contribution in [0.2, 0.25) is 10.0 Å². The normalized spacial score (nSPS) is 12.2. The highest BCUT2D eigenvalue weighted by atomic mass is 35.5. The highest BCUT2D eigenvalue weighted by Gasteiger charge is 2.25. The Bertz CT molecular complexity index is 1670. The lowest BCUT2D eigenvalue weighted by molar-refractivity contribution is -0.384. The number of benzene rings is 3. The summed E-state index contributed by atoms with van der Waals surface area (Å²) < 4.78 is 7.37. The number of nitrogens with zero attached hydrogens (tertiary/aromatic N) is 4. The lowest BCUT2D eigenvalue weighted by Crippen LogP contribution is -2.50. The van der Waals surface area contributed by atoms with Crippen molar-refractivity contribution in [1.82, 2.24) is 19.8 Å². The van der Waals surface area contributed by atoms with Crippen LogP contribution in [0.3, 0.4) is 0 Å². The van der Waals surface area contributed by atoms with E-state index >= 15 is 0 Å². The lowest BCUT2D eigenvalue weighted by Gasteiger charge is -2.33. The van der Waals surface area contributed by atoms with Crippen molar-refractivity contribution in [3.63, 3.8) is 0 Å². The van der Waals surface area contributed by atoms with Gasteiger partial charge in [-0.25, -0.2) is 4.98 Å². The Hall–Kier alpha value is -4.19. The number of amides is 1. The van der Waals surface area contributed by atoms with E-state index in [4.69, 9.17) is 40.2 Å². The Morgan fingerprint density at radius 2 is 1.87 bits per heavy atom. The van der Waals surface area contributed by atoms with E-state index < -0.39 is 4.92 Å². The number of methoxy groups -OCH3 is 1. The molecule has 4 aromatic rings. The van der Waals surface area contributed by atoms with Gasteiger partial charge in [0.25, 0.3) is 5.69 Å². The molecule has 0 aliphatic carbocycles. The minimum absolute atomic E-state index is 0.0225. The zero-order chi connectivity index (χ0) is 33.2. The number of thiocarbonyl (C=S) groups is 1. The van der Waals surface area contributed by atoms with Crippen molar-refractivity contribution in [3.05, 3.63) is 116 Å². The molecule has 242 valence electrons. The zero-order valence-electron chi connectivity index (χ0n) is 25.8. The molecule has 0 fully saturated rings. The Labute approximate surface area is 283 Å². The Morgan fingerprint density at radius 3 is 2.57 bits per heavy atom. The molecule has 1 heterocycles. The number of anilines is 1. The predicted octanol–water partition coefficient (Wildman–Crippen LogP) is 7.13. The number of para-hydroxylation sites is 2. The quantitative estimate of drug-likeness (QED) is 0.0820. The molecule has 2 N–H and O–H groups in total. The van der Waals surface area contributed by atoms with Gasteiger partial charge >= 0.3 is 0 Å². The number of hydrogen-bond donors (Lipinski definition) is 2. The molecule has 1 aromatic heterocycles. The standard InChI is InChI=1S/C33H36Cl2N6O4S/c1-4-22(2)29(37-31(42)16-26-17-36-21-40(26)18-23-12-14-25(15-13-23)41(43)44)20-39(19-24-8-7-9-27(34)32(24)35)33(46)38-28-10-5-6-11-30(28)45-3/h5-15,17,21-22,29H,4,16,18-20H2,1-3H3,(H,37,42)(H,38,46)/t22-,29+/m0/s1. The van der Waals surface area contributed by atoms with Gasteiger partial charge in [-0.3, -0.25) is 14.9 Å². The van der Waals surface area contributed by atoms with Gasteiger partial charge in [0, 0.05) is 49.7 Å². The van der Waals surface area contributed by atoms with Gasteiger partial charge in [0.15, 0.2) is 5.11 Å². The largest absolute Gasteiger partial charge is 0.495 e. The van der Waals surface area contributed by atoms with E-state index in [-0.39, 0.29) is 30.0 Å². The summed E-state index contributed by atoms with van der Waals surface area (Å²) in [6.07, 6.45) is 4.23. The van der Waals surface area contributed by atoms with E-state index in [9.17, 15) is 14.9 Å². The van der Waals surface area contributed by atoms with Gasteiger partial charge in [0.05, 0.1) is 40.5 Å². The van der Waals surface area contributed by atoms with Crippen LogP contribution in [0.5, 0.6) is 5.75 Å². The number of nitro benzene ring substituents is 1. The monoisotopic (exact) mass is 682 g/mol. The van der Waals surface area contributed by atoms with Gasteiger partial charge < -0.3 is 24.8 Å². The molecular weight excluding hydrogens is 647 g/mol. The fourth-order valence-corrected chi connectivity index (χ4v) is 5.54. The number of halogens is 2. The van der Waals surface area contributed by atoms with Crippen molar-refractivity contribution in [2.75, 3.05) is 19.0 Å². The maximum Gasteiger partial charge on any atom is 0.269 e. The minimum atomic E-state index is -0.434. The molecule has 1 amide bonds. The van der Waals surface area contributed by atoms with Crippen molar-refractivity contribution >= 4 is 57.8 Å². The second-order valence-electron chi connectivity index (χ2n) is 10.9. The zero-order valence-corrected chi connectivity index (χ0v) is 28.1. The van der Waals surface area contributed by atoms with Gasteiger partial charge in [0.2, 0.25) is 5.91 Å². The molecular formula is C33H36Cl2N6O4S. The van der Waals surface area contributed by atoms with Crippen LogP contribution in [0.1, 0.15) is 37.1 Å². The highest BCUT2D eigenvalue weighted by molar-refractivity contribution is 7.80. The molecule has 0 saturated carbocycles. The Balaban J connectivity index is 1.52. The molecule has 0 aliphatic heterocycles. The van der Waals surface area contributed by atoms with Gasteiger partial charge in [0.1, 0.15) is 5.75 Å². The molecule has 0 saturated heterocycles. The third kappa shape index (κ3) is 9.18. The smallest absolute Gasteiger partial charge is 0.269 e. The van der Waals surface area contributed by atoms with Crippen LogP contribution in [0.25, 0.3) is 0 Å². The summed E-state index contributed by atoms with van der Waals surface area (Å²) in [5, 5.41) is 18.9. The Morgan fingerprint density at radius 1 is 1.13 bits per heavy atom. The van der Waals surface area contributed by atoms with E-state index in [0.29, 0.717) is 46.2 Å². The van der Waals surface area contributed by atoms with Gasteiger partial charge in [-0.1, -0.05) is 79.9 Å². The second kappa shape index (κ2) is 16.4. The number of ether oxygens (including phenoxy) is 1. The molecule has 46 heavy (non-hydrogen) atoms. The van der Waals surface area contributed by atoms with Crippen molar-refractivity contribution in [2.24, 2.45) is 5.92 Å². The van der Waals surface area contributed by atoms with Crippen LogP contribution in [0.15, 0.2) is 79.3 Å². The fraction of sp³-hybridized carbons (Fsp3) is 0.303. The first-order chi connectivity index (χ1) is 22.1. The van der Waals surface area contributed by atoms with Crippen molar-refractivity contribution in [3.8, 4) is 5.75 Å². The number of carbonyl (C=O) groups excluding carboxylic acids is 1. The van der Waals surface area contributed by atoms with E-state index in [0.717, 1.165) is 23.2 Å². The number of aromatic nitrogens is 2. The number of carbonyl (C=O) groups is 1.